The number of ether oxygens (including phenoxy) is 2. The van der Waals surface area contributed by atoms with Gasteiger partial charge in [0.1, 0.15) is 0 Å². The predicted octanol–water partition coefficient (Wildman–Crippen LogP) is 3.64. The number of nitrogens with zero attached hydrogens (tertiary/aromatic N) is 1. The van der Waals surface area contributed by atoms with Crippen molar-refractivity contribution in [2.75, 3.05) is 26.3 Å². The Morgan fingerprint density at radius 1 is 1.04 bits per heavy atom. The highest BCUT2D eigenvalue weighted by molar-refractivity contribution is 5.79. The molecule has 1 saturated carbocycles. The largest absolute Gasteiger partial charge is 0.381 e. The molecule has 3 rings (SSSR count). The van der Waals surface area contributed by atoms with Crippen LogP contribution in [0.15, 0.2) is 0 Å². The van der Waals surface area contributed by atoms with Crippen LogP contribution in [0.2, 0.25) is 0 Å². The fourth-order valence-electron chi connectivity index (χ4n) is 5.09. The zero-order chi connectivity index (χ0) is 17.2. The van der Waals surface area contributed by atoms with E-state index >= 15 is 0 Å². The average molecular weight is 338 g/mol. The third kappa shape index (κ3) is 4.72. The molecule has 2 heterocycles. The molecule has 3 aliphatic rings. The normalized spacial score (nSPS) is 32.7. The molecule has 4 heteroatoms. The second-order valence-corrected chi connectivity index (χ2v) is 9.08. The van der Waals surface area contributed by atoms with Crippen molar-refractivity contribution in [3.8, 4) is 0 Å². The van der Waals surface area contributed by atoms with Gasteiger partial charge < -0.3 is 14.4 Å². The fraction of sp³-hybridized carbons (Fsp3) is 0.950. The summed E-state index contributed by atoms with van der Waals surface area (Å²) in [5.74, 6) is 1.30. The lowest BCUT2D eigenvalue weighted by Crippen LogP contribution is -2.46. The summed E-state index contributed by atoms with van der Waals surface area (Å²) < 4.78 is 11.6. The number of carbonyl (C=O) groups excluding carboxylic acids is 1. The number of rotatable bonds is 3. The molecule has 3 fully saturated rings. The van der Waals surface area contributed by atoms with Crippen LogP contribution in [0.3, 0.4) is 0 Å². The molecule has 1 amide bonds. The molecule has 2 saturated heterocycles. The Balaban J connectivity index is 1.46. The van der Waals surface area contributed by atoms with Gasteiger partial charge in [-0.15, -0.1) is 0 Å². The van der Waals surface area contributed by atoms with E-state index in [4.69, 9.17) is 9.47 Å². The smallest absolute Gasteiger partial charge is 0.225 e. The molecule has 2 atom stereocenters. The molecule has 24 heavy (non-hydrogen) atoms. The van der Waals surface area contributed by atoms with Gasteiger partial charge in [0.15, 0.2) is 0 Å². The number of hydrogen-bond acceptors (Lipinski definition) is 3. The Morgan fingerprint density at radius 3 is 2.29 bits per heavy atom. The summed E-state index contributed by atoms with van der Waals surface area (Å²) in [5.41, 5.74) is 0.308. The fourth-order valence-corrected chi connectivity index (χ4v) is 5.09. The van der Waals surface area contributed by atoms with Crippen molar-refractivity contribution in [1.82, 2.24) is 4.90 Å². The Labute approximate surface area is 147 Å². The first-order chi connectivity index (χ1) is 11.4. The molecule has 0 bridgehead atoms. The molecule has 0 unspecified atom stereocenters. The maximum Gasteiger partial charge on any atom is 0.225 e. The van der Waals surface area contributed by atoms with Gasteiger partial charge >= 0.3 is 0 Å². The summed E-state index contributed by atoms with van der Waals surface area (Å²) in [6, 6.07) is 0. The number of carbonyl (C=O) groups is 1. The first-order valence-electron chi connectivity index (χ1n) is 9.95. The minimum atomic E-state index is 0.233. The lowest BCUT2D eigenvalue weighted by Gasteiger charge is -2.41. The van der Waals surface area contributed by atoms with E-state index in [1.807, 2.05) is 0 Å². The molecule has 0 radical (unpaired) electrons. The highest BCUT2D eigenvalue weighted by Gasteiger charge is 2.38. The van der Waals surface area contributed by atoms with E-state index in [0.717, 1.165) is 64.8 Å². The third-order valence-electron chi connectivity index (χ3n) is 6.04. The second-order valence-electron chi connectivity index (χ2n) is 9.08. The quantitative estimate of drug-likeness (QED) is 0.789. The molecule has 0 aromatic carbocycles. The van der Waals surface area contributed by atoms with Crippen molar-refractivity contribution >= 4 is 5.91 Å². The van der Waals surface area contributed by atoms with Crippen LogP contribution in [0.25, 0.3) is 0 Å². The van der Waals surface area contributed by atoms with Crippen molar-refractivity contribution in [3.05, 3.63) is 0 Å². The molecule has 4 nitrogen and oxygen atoms in total. The first kappa shape index (κ1) is 18.2. The summed E-state index contributed by atoms with van der Waals surface area (Å²) in [6.45, 7) is 10.3. The van der Waals surface area contributed by atoms with Crippen LogP contribution in [0, 0.1) is 17.3 Å². The third-order valence-corrected chi connectivity index (χ3v) is 6.04. The van der Waals surface area contributed by atoms with E-state index in [0.29, 0.717) is 29.4 Å². The van der Waals surface area contributed by atoms with Crippen molar-refractivity contribution < 1.29 is 14.3 Å². The lowest BCUT2D eigenvalue weighted by molar-refractivity contribution is -0.143. The Hall–Kier alpha value is -0.610. The van der Waals surface area contributed by atoms with E-state index in [-0.39, 0.29) is 5.92 Å². The van der Waals surface area contributed by atoms with Crippen LogP contribution in [-0.4, -0.2) is 49.3 Å². The van der Waals surface area contributed by atoms with Gasteiger partial charge in [0.05, 0.1) is 12.2 Å². The highest BCUT2D eigenvalue weighted by atomic mass is 16.5. The van der Waals surface area contributed by atoms with Gasteiger partial charge in [0.25, 0.3) is 0 Å². The Kier molecular flexibility index (Phi) is 5.86. The minimum Gasteiger partial charge on any atom is -0.381 e. The van der Waals surface area contributed by atoms with Gasteiger partial charge in [-0.3, -0.25) is 4.79 Å². The van der Waals surface area contributed by atoms with Gasteiger partial charge in [-0.05, 0) is 56.3 Å². The lowest BCUT2D eigenvalue weighted by atomic mass is 9.67. The van der Waals surface area contributed by atoms with Gasteiger partial charge in [0.2, 0.25) is 5.91 Å². The van der Waals surface area contributed by atoms with Crippen LogP contribution < -0.4 is 0 Å². The average Bonchev–Trinajstić information content (AvgIpc) is 2.54. The van der Waals surface area contributed by atoms with Crippen molar-refractivity contribution in [2.24, 2.45) is 17.3 Å². The maximum atomic E-state index is 13.0. The number of hydrogen-bond donors (Lipinski definition) is 0. The van der Waals surface area contributed by atoms with Crippen LogP contribution in [0.4, 0.5) is 0 Å². The SMILES string of the molecule is C[C@@H]1C[C@@H](C(=O)N2CCC(OC3CCOCC3)CC2)CC(C)(C)C1. The molecular weight excluding hydrogens is 302 g/mol. The van der Waals surface area contributed by atoms with Gasteiger partial charge in [0, 0.05) is 32.2 Å². The van der Waals surface area contributed by atoms with Crippen molar-refractivity contribution in [2.45, 2.75) is 77.9 Å². The van der Waals surface area contributed by atoms with Gasteiger partial charge in [-0.1, -0.05) is 20.8 Å². The topological polar surface area (TPSA) is 38.8 Å². The molecule has 0 aromatic heterocycles. The summed E-state index contributed by atoms with van der Waals surface area (Å²) in [6.07, 6.45) is 8.10. The minimum absolute atomic E-state index is 0.233. The van der Waals surface area contributed by atoms with E-state index < -0.39 is 0 Å². The monoisotopic (exact) mass is 337 g/mol. The van der Waals surface area contributed by atoms with E-state index in [9.17, 15) is 4.79 Å². The van der Waals surface area contributed by atoms with Crippen molar-refractivity contribution in [1.29, 1.82) is 0 Å². The molecule has 0 N–H and O–H groups in total. The van der Waals surface area contributed by atoms with Crippen LogP contribution >= 0.6 is 0 Å². The van der Waals surface area contributed by atoms with E-state index in [2.05, 4.69) is 25.7 Å². The molecule has 0 aromatic rings. The van der Waals surface area contributed by atoms with E-state index in [1.165, 1.54) is 6.42 Å². The van der Waals surface area contributed by atoms with Crippen LogP contribution in [0.5, 0.6) is 0 Å². The molecule has 138 valence electrons. The molecule has 0 spiro atoms. The van der Waals surface area contributed by atoms with Crippen LogP contribution in [0.1, 0.15) is 65.7 Å². The zero-order valence-corrected chi connectivity index (χ0v) is 15.8. The number of piperidine rings is 1. The Morgan fingerprint density at radius 2 is 1.67 bits per heavy atom. The summed E-state index contributed by atoms with van der Waals surface area (Å²) in [7, 11) is 0. The first-order valence-corrected chi connectivity index (χ1v) is 9.95. The summed E-state index contributed by atoms with van der Waals surface area (Å²) in [4.78, 5) is 15.1. The second kappa shape index (κ2) is 7.74. The standard InChI is InChI=1S/C20H35NO3/c1-15-12-16(14-20(2,3)13-15)19(22)21-8-4-17(5-9-21)24-18-6-10-23-11-7-18/h15-18H,4-14H2,1-3H3/t15-,16-/m1/s1. The molecular formula is C20H35NO3. The summed E-state index contributed by atoms with van der Waals surface area (Å²) in [5, 5.41) is 0. The number of amides is 1. The molecule has 2 aliphatic heterocycles. The Bertz CT molecular complexity index is 423. The van der Waals surface area contributed by atoms with E-state index in [1.54, 1.807) is 0 Å². The maximum absolute atomic E-state index is 13.0. The predicted molar refractivity (Wildman–Crippen MR) is 94.8 cm³/mol. The zero-order valence-electron chi connectivity index (χ0n) is 15.8. The van der Waals surface area contributed by atoms with Crippen molar-refractivity contribution in [3.63, 3.8) is 0 Å². The summed E-state index contributed by atoms with van der Waals surface area (Å²) >= 11 is 0. The van der Waals surface area contributed by atoms with Gasteiger partial charge in [-0.2, -0.15) is 0 Å². The highest BCUT2D eigenvalue weighted by Crippen LogP contribution is 2.42. The number of likely N-dealkylation sites (tertiary alicyclic amines) is 1. The van der Waals surface area contributed by atoms with Crippen LogP contribution in [-0.2, 0) is 14.3 Å². The molecule has 1 aliphatic carbocycles. The van der Waals surface area contributed by atoms with Gasteiger partial charge in [-0.25, -0.2) is 0 Å².